The molecule has 0 unspecified atom stereocenters. The van der Waals surface area contributed by atoms with Gasteiger partial charge in [0.25, 0.3) is 0 Å². The minimum atomic E-state index is 1.29. The van der Waals surface area contributed by atoms with Gasteiger partial charge >= 0.3 is 0 Å². The van der Waals surface area contributed by atoms with Crippen molar-refractivity contribution >= 4 is 76.2 Å². The Morgan fingerprint density at radius 3 is 2.33 bits per heavy atom. The first-order valence-corrected chi connectivity index (χ1v) is 8.62. The molecule has 0 amide bonds. The van der Waals surface area contributed by atoms with Crippen LogP contribution >= 0.6 is 34.2 Å². The molecular formula is C18H10INS. The van der Waals surface area contributed by atoms with E-state index in [2.05, 4.69) is 86.3 Å². The summed E-state index contributed by atoms with van der Waals surface area (Å²) in [5, 5.41) is 5.41. The molecule has 3 aromatic carbocycles. The molecule has 0 aliphatic heterocycles. The monoisotopic (exact) mass is 399 g/mol. The molecule has 2 aromatic heterocycles. The predicted octanol–water partition coefficient (Wildman–Crippen LogP) is 6.36. The summed E-state index contributed by atoms with van der Waals surface area (Å²) in [6.45, 7) is 0. The normalized spacial score (nSPS) is 12.0. The summed E-state index contributed by atoms with van der Waals surface area (Å²) in [6, 6.07) is 22.0. The van der Waals surface area contributed by atoms with Crippen molar-refractivity contribution < 1.29 is 0 Å². The van der Waals surface area contributed by atoms with Crippen molar-refractivity contribution in [2.45, 2.75) is 0 Å². The molecule has 100 valence electrons. The third-order valence-corrected chi connectivity index (χ3v) is 6.29. The molecule has 0 saturated heterocycles. The van der Waals surface area contributed by atoms with Crippen LogP contribution < -0.4 is 0 Å². The van der Waals surface area contributed by atoms with Crippen molar-refractivity contribution in [1.29, 1.82) is 0 Å². The fourth-order valence-corrected chi connectivity index (χ4v) is 5.09. The van der Waals surface area contributed by atoms with Crippen molar-refractivity contribution in [3.63, 3.8) is 0 Å². The lowest BCUT2D eigenvalue weighted by atomic mass is 10.1. The summed E-state index contributed by atoms with van der Waals surface area (Å²) in [4.78, 5) is 0. The lowest BCUT2D eigenvalue weighted by Gasteiger charge is -1.96. The molecule has 0 aliphatic rings. The van der Waals surface area contributed by atoms with Crippen LogP contribution in [0.2, 0.25) is 0 Å². The Kier molecular flexibility index (Phi) is 2.41. The lowest BCUT2D eigenvalue weighted by molar-refractivity contribution is 1.50. The molecule has 2 heterocycles. The standard InChI is InChI=1S/C18H10INS/c19-20-15-7-3-1-5-11(15)13-10-18-14(9-16(13)20)12-6-2-4-8-17(12)21-18/h1-10H. The maximum atomic E-state index is 2.41. The Morgan fingerprint density at radius 2 is 1.43 bits per heavy atom. The van der Waals surface area contributed by atoms with Crippen LogP contribution in [0, 0.1) is 0 Å². The number of rotatable bonds is 0. The van der Waals surface area contributed by atoms with E-state index in [0.717, 1.165) is 0 Å². The van der Waals surface area contributed by atoms with Crippen molar-refractivity contribution in [1.82, 2.24) is 2.78 Å². The first kappa shape index (κ1) is 12.0. The van der Waals surface area contributed by atoms with Crippen LogP contribution in [0.5, 0.6) is 0 Å². The number of thiophene rings is 1. The van der Waals surface area contributed by atoms with Gasteiger partial charge in [-0.3, -0.25) is 2.78 Å². The van der Waals surface area contributed by atoms with Gasteiger partial charge in [0.05, 0.1) is 33.9 Å². The van der Waals surface area contributed by atoms with Crippen LogP contribution in [-0.2, 0) is 0 Å². The summed E-state index contributed by atoms with van der Waals surface area (Å²) >= 11 is 4.29. The summed E-state index contributed by atoms with van der Waals surface area (Å²) in [5.41, 5.74) is 2.59. The number of hydrogen-bond donors (Lipinski definition) is 0. The highest BCUT2D eigenvalue weighted by Gasteiger charge is 2.12. The number of para-hydroxylation sites is 1. The Balaban J connectivity index is 2.08. The van der Waals surface area contributed by atoms with Crippen molar-refractivity contribution in [3.8, 4) is 0 Å². The average Bonchev–Trinajstić information content (AvgIpc) is 3.02. The first-order valence-electron chi connectivity index (χ1n) is 6.83. The number of hydrogen-bond acceptors (Lipinski definition) is 1. The topological polar surface area (TPSA) is 4.93 Å². The van der Waals surface area contributed by atoms with E-state index in [4.69, 9.17) is 0 Å². The SMILES string of the molecule is In1c2ccccc2c2cc3sc4ccccc4c3cc21. The van der Waals surface area contributed by atoms with E-state index in [-0.39, 0.29) is 0 Å². The van der Waals surface area contributed by atoms with Crippen LogP contribution in [0.1, 0.15) is 0 Å². The molecule has 5 aromatic rings. The summed E-state index contributed by atoms with van der Waals surface area (Å²) in [5.74, 6) is 0. The molecule has 0 aliphatic carbocycles. The Morgan fingerprint density at radius 1 is 0.667 bits per heavy atom. The van der Waals surface area contributed by atoms with Crippen LogP contribution in [0.25, 0.3) is 42.0 Å². The molecule has 0 fully saturated rings. The molecule has 0 saturated carbocycles. The molecule has 0 spiro atoms. The predicted molar refractivity (Wildman–Crippen MR) is 102 cm³/mol. The average molecular weight is 399 g/mol. The van der Waals surface area contributed by atoms with Crippen molar-refractivity contribution in [2.24, 2.45) is 0 Å². The van der Waals surface area contributed by atoms with Gasteiger partial charge in [-0.05, 0) is 24.3 Å². The van der Waals surface area contributed by atoms with E-state index < -0.39 is 0 Å². The fraction of sp³-hybridized carbons (Fsp3) is 0. The largest absolute Gasteiger partial charge is 0.282 e. The lowest BCUT2D eigenvalue weighted by Crippen LogP contribution is -1.76. The van der Waals surface area contributed by atoms with E-state index >= 15 is 0 Å². The highest BCUT2D eigenvalue weighted by molar-refractivity contribution is 14.1. The van der Waals surface area contributed by atoms with Gasteiger partial charge in [-0.2, -0.15) is 0 Å². The second kappa shape index (κ2) is 4.21. The van der Waals surface area contributed by atoms with E-state index in [1.54, 1.807) is 0 Å². The van der Waals surface area contributed by atoms with Gasteiger partial charge in [0, 0.05) is 30.9 Å². The number of halogens is 1. The van der Waals surface area contributed by atoms with Crippen LogP contribution in [-0.4, -0.2) is 2.78 Å². The number of benzene rings is 3. The molecule has 1 nitrogen and oxygen atoms in total. The molecular weight excluding hydrogens is 389 g/mol. The van der Waals surface area contributed by atoms with E-state index in [1.807, 2.05) is 11.3 Å². The van der Waals surface area contributed by atoms with Crippen molar-refractivity contribution in [2.75, 3.05) is 0 Å². The second-order valence-corrected chi connectivity index (χ2v) is 7.31. The van der Waals surface area contributed by atoms with E-state index in [1.165, 1.54) is 42.0 Å². The molecule has 0 N–H and O–H groups in total. The zero-order valence-electron chi connectivity index (χ0n) is 11.0. The quantitative estimate of drug-likeness (QED) is 0.267. The van der Waals surface area contributed by atoms with Gasteiger partial charge < -0.3 is 0 Å². The molecule has 0 bridgehead atoms. The smallest absolute Gasteiger partial charge is 0.0646 e. The Hall–Kier alpha value is -1.59. The van der Waals surface area contributed by atoms with Gasteiger partial charge in [0.15, 0.2) is 0 Å². The first-order chi connectivity index (χ1) is 10.3. The van der Waals surface area contributed by atoms with Crippen LogP contribution in [0.3, 0.4) is 0 Å². The molecule has 0 radical (unpaired) electrons. The number of aromatic nitrogens is 1. The highest BCUT2D eigenvalue weighted by atomic mass is 127. The molecule has 3 heteroatoms. The van der Waals surface area contributed by atoms with Crippen LogP contribution in [0.15, 0.2) is 60.7 Å². The van der Waals surface area contributed by atoms with Gasteiger partial charge in [-0.25, -0.2) is 0 Å². The maximum absolute atomic E-state index is 2.41. The Labute approximate surface area is 139 Å². The zero-order chi connectivity index (χ0) is 14.0. The minimum Gasteiger partial charge on any atom is -0.282 e. The van der Waals surface area contributed by atoms with Crippen LogP contribution in [0.4, 0.5) is 0 Å². The number of fused-ring (bicyclic) bond motifs is 6. The zero-order valence-corrected chi connectivity index (χ0v) is 14.0. The van der Waals surface area contributed by atoms with E-state index in [9.17, 15) is 0 Å². The summed E-state index contributed by atoms with van der Waals surface area (Å²) in [7, 11) is 0. The second-order valence-electron chi connectivity index (χ2n) is 5.26. The van der Waals surface area contributed by atoms with E-state index in [0.29, 0.717) is 0 Å². The third-order valence-electron chi connectivity index (χ3n) is 4.11. The van der Waals surface area contributed by atoms with Gasteiger partial charge in [0.2, 0.25) is 0 Å². The number of nitrogens with zero attached hydrogens (tertiary/aromatic N) is 1. The minimum absolute atomic E-state index is 1.29. The van der Waals surface area contributed by atoms with Gasteiger partial charge in [-0.15, -0.1) is 11.3 Å². The van der Waals surface area contributed by atoms with Gasteiger partial charge in [0.1, 0.15) is 0 Å². The summed E-state index contributed by atoms with van der Waals surface area (Å²) < 4.78 is 5.01. The highest BCUT2D eigenvalue weighted by Crippen LogP contribution is 2.39. The molecule has 5 rings (SSSR count). The molecule has 21 heavy (non-hydrogen) atoms. The fourth-order valence-electron chi connectivity index (χ4n) is 3.14. The Bertz CT molecular complexity index is 1150. The summed E-state index contributed by atoms with van der Waals surface area (Å²) in [6.07, 6.45) is 0. The van der Waals surface area contributed by atoms with Crippen molar-refractivity contribution in [3.05, 3.63) is 60.7 Å². The van der Waals surface area contributed by atoms with Gasteiger partial charge in [-0.1, -0.05) is 36.4 Å². The maximum Gasteiger partial charge on any atom is 0.0646 e. The molecule has 0 atom stereocenters. The third kappa shape index (κ3) is 1.56.